The Hall–Kier alpha value is -1.96. The Balaban J connectivity index is 1.45. The molecule has 1 N–H and O–H groups in total. The van der Waals surface area contributed by atoms with E-state index in [0.29, 0.717) is 18.0 Å². The number of nitrogens with one attached hydrogen (secondary N) is 1. The van der Waals surface area contributed by atoms with Crippen LogP contribution in [-0.2, 0) is 16.8 Å². The zero-order valence-electron chi connectivity index (χ0n) is 17.2. The molecule has 1 aliphatic heterocycles. The molecule has 3 rings (SSSR count). The van der Waals surface area contributed by atoms with Crippen LogP contribution in [-0.4, -0.2) is 60.5 Å². The van der Waals surface area contributed by atoms with Gasteiger partial charge in [0.15, 0.2) is 0 Å². The number of para-hydroxylation sites is 2. The van der Waals surface area contributed by atoms with Crippen molar-refractivity contribution in [3.05, 3.63) is 40.3 Å². The van der Waals surface area contributed by atoms with Gasteiger partial charge >= 0.3 is 0 Å². The van der Waals surface area contributed by atoms with Crippen molar-refractivity contribution < 1.29 is 9.53 Å². The van der Waals surface area contributed by atoms with Crippen LogP contribution in [0.2, 0.25) is 0 Å². The van der Waals surface area contributed by atoms with Crippen molar-refractivity contribution in [2.45, 2.75) is 32.7 Å². The van der Waals surface area contributed by atoms with Gasteiger partial charge in [-0.3, -0.25) is 14.6 Å². The summed E-state index contributed by atoms with van der Waals surface area (Å²) in [6.45, 7) is 11.5. The highest BCUT2D eigenvalue weighted by Gasteiger charge is 2.22. The standard InChI is InChI=1S/C21H30N4O2S/c1-21(2,3)18-15-28-20(23-18)14-25-11-9-24(10-12-25)13-19(26)22-16-7-5-6-8-17(16)27-4/h5-8,15H,9-14H2,1-4H3,(H,22,26). The number of carbonyl (C=O) groups is 1. The Morgan fingerprint density at radius 1 is 1.18 bits per heavy atom. The van der Waals surface area contributed by atoms with Gasteiger partial charge in [-0.15, -0.1) is 11.3 Å². The number of hydrogen-bond acceptors (Lipinski definition) is 6. The lowest BCUT2D eigenvalue weighted by Crippen LogP contribution is -2.48. The minimum absolute atomic E-state index is 0.00677. The van der Waals surface area contributed by atoms with Crippen molar-refractivity contribution in [1.82, 2.24) is 14.8 Å². The predicted octanol–water partition coefficient (Wildman–Crippen LogP) is 3.21. The van der Waals surface area contributed by atoms with E-state index >= 15 is 0 Å². The second-order valence-electron chi connectivity index (χ2n) is 8.18. The molecule has 0 unspecified atom stereocenters. The smallest absolute Gasteiger partial charge is 0.238 e. The largest absolute Gasteiger partial charge is 0.495 e. The number of carbonyl (C=O) groups excluding carboxylic acids is 1. The van der Waals surface area contributed by atoms with E-state index in [2.05, 4.69) is 41.3 Å². The van der Waals surface area contributed by atoms with E-state index in [1.807, 2.05) is 24.3 Å². The Morgan fingerprint density at radius 2 is 1.86 bits per heavy atom. The summed E-state index contributed by atoms with van der Waals surface area (Å²) in [5.41, 5.74) is 1.98. The molecule has 0 radical (unpaired) electrons. The minimum Gasteiger partial charge on any atom is -0.495 e. The fraction of sp³-hybridized carbons (Fsp3) is 0.524. The quantitative estimate of drug-likeness (QED) is 0.804. The number of anilines is 1. The van der Waals surface area contributed by atoms with Crippen molar-refractivity contribution >= 4 is 22.9 Å². The first-order chi connectivity index (χ1) is 13.3. The van der Waals surface area contributed by atoms with E-state index in [9.17, 15) is 4.79 Å². The lowest BCUT2D eigenvalue weighted by atomic mass is 9.93. The maximum absolute atomic E-state index is 12.4. The summed E-state index contributed by atoms with van der Waals surface area (Å²) >= 11 is 1.74. The summed E-state index contributed by atoms with van der Waals surface area (Å²) < 4.78 is 5.29. The molecular formula is C21H30N4O2S. The zero-order chi connectivity index (χ0) is 20.1. The maximum atomic E-state index is 12.4. The number of piperazine rings is 1. The Labute approximate surface area is 171 Å². The average molecular weight is 403 g/mol. The third-order valence-corrected chi connectivity index (χ3v) is 5.73. The number of hydrogen-bond donors (Lipinski definition) is 1. The van der Waals surface area contributed by atoms with E-state index in [1.165, 1.54) is 10.7 Å². The number of ether oxygens (including phenoxy) is 1. The van der Waals surface area contributed by atoms with Gasteiger partial charge in [0.2, 0.25) is 5.91 Å². The van der Waals surface area contributed by atoms with E-state index in [1.54, 1.807) is 18.4 Å². The van der Waals surface area contributed by atoms with Crippen LogP contribution in [0.25, 0.3) is 0 Å². The fourth-order valence-electron chi connectivity index (χ4n) is 3.17. The first-order valence-corrected chi connectivity index (χ1v) is 10.6. The number of nitrogens with zero attached hydrogens (tertiary/aromatic N) is 3. The Bertz CT molecular complexity index is 792. The molecule has 28 heavy (non-hydrogen) atoms. The highest BCUT2D eigenvalue weighted by atomic mass is 32.1. The maximum Gasteiger partial charge on any atom is 0.238 e. The van der Waals surface area contributed by atoms with Crippen LogP contribution in [0.5, 0.6) is 5.75 Å². The number of amides is 1. The van der Waals surface area contributed by atoms with Gasteiger partial charge in [0.05, 0.1) is 31.6 Å². The van der Waals surface area contributed by atoms with Crippen LogP contribution in [0.15, 0.2) is 29.6 Å². The van der Waals surface area contributed by atoms with Crippen LogP contribution < -0.4 is 10.1 Å². The molecule has 1 aromatic heterocycles. The summed E-state index contributed by atoms with van der Waals surface area (Å²) in [5.74, 6) is 0.673. The minimum atomic E-state index is -0.00677. The normalized spacial score (nSPS) is 16.1. The number of methoxy groups -OCH3 is 1. The number of rotatable bonds is 6. The van der Waals surface area contributed by atoms with Gasteiger partial charge in [-0.25, -0.2) is 4.98 Å². The van der Waals surface area contributed by atoms with E-state index in [0.717, 1.165) is 32.7 Å². The second kappa shape index (κ2) is 9.03. The molecule has 6 nitrogen and oxygen atoms in total. The van der Waals surface area contributed by atoms with E-state index in [-0.39, 0.29) is 11.3 Å². The molecule has 0 bridgehead atoms. The van der Waals surface area contributed by atoms with Crippen molar-refractivity contribution in [3.63, 3.8) is 0 Å². The van der Waals surface area contributed by atoms with Gasteiger partial charge in [0.25, 0.3) is 0 Å². The SMILES string of the molecule is COc1ccccc1NC(=O)CN1CCN(Cc2nc(C(C)(C)C)cs2)CC1. The summed E-state index contributed by atoms with van der Waals surface area (Å²) in [4.78, 5) is 21.8. The highest BCUT2D eigenvalue weighted by molar-refractivity contribution is 7.09. The second-order valence-corrected chi connectivity index (χ2v) is 9.12. The lowest BCUT2D eigenvalue weighted by molar-refractivity contribution is -0.117. The first kappa shape index (κ1) is 20.8. The van der Waals surface area contributed by atoms with Gasteiger partial charge in [0, 0.05) is 37.0 Å². The molecule has 1 aromatic carbocycles. The van der Waals surface area contributed by atoms with Gasteiger partial charge in [0.1, 0.15) is 10.8 Å². The average Bonchev–Trinajstić information content (AvgIpc) is 3.13. The number of benzene rings is 1. The van der Waals surface area contributed by atoms with E-state index < -0.39 is 0 Å². The molecule has 0 atom stereocenters. The molecule has 1 fully saturated rings. The Morgan fingerprint density at radius 3 is 2.50 bits per heavy atom. The zero-order valence-corrected chi connectivity index (χ0v) is 18.0. The molecular weight excluding hydrogens is 372 g/mol. The molecule has 1 amide bonds. The third-order valence-electron chi connectivity index (χ3n) is 4.89. The van der Waals surface area contributed by atoms with Crippen LogP contribution in [0.3, 0.4) is 0 Å². The Kier molecular flexibility index (Phi) is 6.69. The summed E-state index contributed by atoms with van der Waals surface area (Å²) in [5, 5.41) is 6.30. The van der Waals surface area contributed by atoms with Gasteiger partial charge < -0.3 is 10.1 Å². The van der Waals surface area contributed by atoms with Crippen LogP contribution in [0.4, 0.5) is 5.69 Å². The number of thiazole rings is 1. The lowest BCUT2D eigenvalue weighted by Gasteiger charge is -2.33. The molecule has 1 saturated heterocycles. The highest BCUT2D eigenvalue weighted by Crippen LogP contribution is 2.25. The summed E-state index contributed by atoms with van der Waals surface area (Å²) in [7, 11) is 1.61. The van der Waals surface area contributed by atoms with Crippen LogP contribution in [0.1, 0.15) is 31.5 Å². The monoisotopic (exact) mass is 402 g/mol. The van der Waals surface area contributed by atoms with Gasteiger partial charge in [-0.05, 0) is 12.1 Å². The number of aromatic nitrogens is 1. The van der Waals surface area contributed by atoms with Gasteiger partial charge in [-0.1, -0.05) is 32.9 Å². The molecule has 152 valence electrons. The van der Waals surface area contributed by atoms with Crippen molar-refractivity contribution in [2.75, 3.05) is 45.2 Å². The summed E-state index contributed by atoms with van der Waals surface area (Å²) in [6, 6.07) is 7.48. The first-order valence-electron chi connectivity index (χ1n) is 9.67. The molecule has 7 heteroatoms. The third kappa shape index (κ3) is 5.53. The molecule has 0 spiro atoms. The molecule has 1 aliphatic rings. The van der Waals surface area contributed by atoms with Gasteiger partial charge in [-0.2, -0.15) is 0 Å². The topological polar surface area (TPSA) is 57.7 Å². The van der Waals surface area contributed by atoms with Crippen LogP contribution in [0, 0.1) is 0 Å². The molecule has 0 saturated carbocycles. The molecule has 0 aliphatic carbocycles. The van der Waals surface area contributed by atoms with Crippen molar-refractivity contribution in [2.24, 2.45) is 0 Å². The van der Waals surface area contributed by atoms with E-state index in [4.69, 9.17) is 9.72 Å². The molecule has 2 heterocycles. The molecule has 2 aromatic rings. The fourth-order valence-corrected chi connectivity index (χ4v) is 4.23. The van der Waals surface area contributed by atoms with Crippen molar-refractivity contribution in [3.8, 4) is 5.75 Å². The predicted molar refractivity (Wildman–Crippen MR) is 114 cm³/mol. The van der Waals surface area contributed by atoms with Crippen molar-refractivity contribution in [1.29, 1.82) is 0 Å². The summed E-state index contributed by atoms with van der Waals surface area (Å²) in [6.07, 6.45) is 0. The van der Waals surface area contributed by atoms with Crippen LogP contribution >= 0.6 is 11.3 Å².